The van der Waals surface area contributed by atoms with Gasteiger partial charge in [-0.25, -0.2) is 8.78 Å². The summed E-state index contributed by atoms with van der Waals surface area (Å²) in [5, 5.41) is 3.23. The van der Waals surface area contributed by atoms with E-state index in [2.05, 4.69) is 5.32 Å². The first-order valence-electron chi connectivity index (χ1n) is 8.79. The fourth-order valence-corrected chi connectivity index (χ4v) is 3.03. The van der Waals surface area contributed by atoms with Gasteiger partial charge < -0.3 is 5.32 Å². The molecule has 0 fully saturated rings. The molecule has 5 heteroatoms. The van der Waals surface area contributed by atoms with E-state index in [0.717, 1.165) is 16.7 Å². The largest absolute Gasteiger partial charge is 0.352 e. The van der Waals surface area contributed by atoms with Crippen LogP contribution < -0.4 is 5.32 Å². The molecule has 3 aromatic rings. The molecule has 0 aromatic heterocycles. The van der Waals surface area contributed by atoms with E-state index in [1.807, 2.05) is 6.08 Å². The third-order valence-corrected chi connectivity index (χ3v) is 4.54. The van der Waals surface area contributed by atoms with Gasteiger partial charge >= 0.3 is 0 Å². The minimum absolute atomic E-state index is 0.246. The second kappa shape index (κ2) is 9.29. The highest BCUT2D eigenvalue weighted by Crippen LogP contribution is 2.24. The molecule has 0 bridgehead atoms. The van der Waals surface area contributed by atoms with Gasteiger partial charge in [-0.3, -0.25) is 4.79 Å². The van der Waals surface area contributed by atoms with Gasteiger partial charge in [-0.1, -0.05) is 54.1 Å². The lowest BCUT2D eigenvalue weighted by molar-refractivity contribution is 0.0954. The summed E-state index contributed by atoms with van der Waals surface area (Å²) in [6, 6.07) is 19.1. The van der Waals surface area contributed by atoms with Gasteiger partial charge in [0.2, 0.25) is 0 Å². The second-order valence-electron chi connectivity index (χ2n) is 6.16. The summed E-state index contributed by atoms with van der Waals surface area (Å²) >= 11 is 6.03. The molecule has 1 N–H and O–H groups in total. The monoisotopic (exact) mass is 397 g/mol. The standard InChI is InChI=1S/C23H18ClF2NO/c24-22-6-2-1-4-21(22)23(28)27-15-3-5-20(16-7-11-18(25)12-8-16)17-9-13-19(26)14-10-17/h1-2,4-14H,3,15H2,(H,27,28). The van der Waals surface area contributed by atoms with E-state index in [1.165, 1.54) is 24.3 Å². The molecule has 0 unspecified atom stereocenters. The first-order chi connectivity index (χ1) is 13.5. The highest BCUT2D eigenvalue weighted by Gasteiger charge is 2.09. The second-order valence-corrected chi connectivity index (χ2v) is 6.56. The van der Waals surface area contributed by atoms with Gasteiger partial charge in [-0.15, -0.1) is 0 Å². The van der Waals surface area contributed by atoms with Crippen LogP contribution in [0.3, 0.4) is 0 Å². The first-order valence-corrected chi connectivity index (χ1v) is 9.17. The van der Waals surface area contributed by atoms with Crippen LogP contribution in [0.4, 0.5) is 8.78 Å². The van der Waals surface area contributed by atoms with E-state index in [1.54, 1.807) is 48.5 Å². The fraction of sp³-hybridized carbons (Fsp3) is 0.0870. The number of carbonyl (C=O) groups excluding carboxylic acids is 1. The molecule has 28 heavy (non-hydrogen) atoms. The third-order valence-electron chi connectivity index (χ3n) is 4.21. The molecule has 1 amide bonds. The SMILES string of the molecule is O=C(NCCC=C(c1ccc(F)cc1)c1ccc(F)cc1)c1ccccc1Cl. The molecule has 142 valence electrons. The molecule has 0 spiro atoms. The average Bonchev–Trinajstić information content (AvgIpc) is 2.70. The lowest BCUT2D eigenvalue weighted by Crippen LogP contribution is -2.24. The highest BCUT2D eigenvalue weighted by molar-refractivity contribution is 6.33. The Bertz CT molecular complexity index is 935. The van der Waals surface area contributed by atoms with Crippen LogP contribution in [0, 0.1) is 11.6 Å². The van der Waals surface area contributed by atoms with Crippen molar-refractivity contribution in [2.45, 2.75) is 6.42 Å². The molecule has 2 nitrogen and oxygen atoms in total. The summed E-state index contributed by atoms with van der Waals surface area (Å²) in [4.78, 5) is 12.2. The Balaban J connectivity index is 1.74. The normalized spacial score (nSPS) is 10.4. The van der Waals surface area contributed by atoms with Crippen molar-refractivity contribution in [3.8, 4) is 0 Å². The molecule has 0 atom stereocenters. The van der Waals surface area contributed by atoms with Crippen LogP contribution in [0.5, 0.6) is 0 Å². The summed E-state index contributed by atoms with van der Waals surface area (Å²) in [7, 11) is 0. The van der Waals surface area contributed by atoms with Crippen molar-refractivity contribution in [1.82, 2.24) is 5.32 Å². The molecule has 3 rings (SSSR count). The predicted octanol–water partition coefficient (Wildman–Crippen LogP) is 5.87. The Morgan fingerprint density at radius 3 is 1.93 bits per heavy atom. The van der Waals surface area contributed by atoms with Crippen molar-refractivity contribution in [3.63, 3.8) is 0 Å². The molecule has 0 aliphatic rings. The van der Waals surface area contributed by atoms with Gasteiger partial charge in [-0.05, 0) is 59.5 Å². The maximum absolute atomic E-state index is 13.3. The molecule has 0 saturated heterocycles. The number of hydrogen-bond donors (Lipinski definition) is 1. The number of nitrogens with one attached hydrogen (secondary N) is 1. The van der Waals surface area contributed by atoms with E-state index in [9.17, 15) is 13.6 Å². The Hall–Kier alpha value is -2.98. The molecule has 3 aromatic carbocycles. The van der Waals surface area contributed by atoms with Gasteiger partial charge in [0.25, 0.3) is 5.91 Å². The topological polar surface area (TPSA) is 29.1 Å². The van der Waals surface area contributed by atoms with Crippen LogP contribution >= 0.6 is 11.6 Å². The van der Waals surface area contributed by atoms with Crippen LogP contribution in [-0.4, -0.2) is 12.5 Å². The Labute approximate surface area is 167 Å². The van der Waals surface area contributed by atoms with Gasteiger partial charge in [0.1, 0.15) is 11.6 Å². The molecule has 0 aliphatic heterocycles. The van der Waals surface area contributed by atoms with E-state index < -0.39 is 0 Å². The first kappa shape index (κ1) is 19.8. The quantitative estimate of drug-likeness (QED) is 0.518. The van der Waals surface area contributed by atoms with Crippen molar-refractivity contribution in [3.05, 3.63) is 112 Å². The summed E-state index contributed by atoms with van der Waals surface area (Å²) < 4.78 is 26.5. The fourth-order valence-electron chi connectivity index (χ4n) is 2.80. The van der Waals surface area contributed by atoms with Gasteiger partial charge in [0.05, 0.1) is 10.6 Å². The summed E-state index contributed by atoms with van der Waals surface area (Å²) in [6.07, 6.45) is 2.48. The maximum Gasteiger partial charge on any atom is 0.252 e. The van der Waals surface area contributed by atoms with Crippen LogP contribution in [0.15, 0.2) is 78.9 Å². The van der Waals surface area contributed by atoms with Crippen LogP contribution in [0.25, 0.3) is 5.57 Å². The lowest BCUT2D eigenvalue weighted by Gasteiger charge is -2.10. The minimum atomic E-state index is -0.325. The van der Waals surface area contributed by atoms with Gasteiger partial charge in [0.15, 0.2) is 0 Å². The van der Waals surface area contributed by atoms with Crippen molar-refractivity contribution < 1.29 is 13.6 Å². The molecule has 0 aliphatic carbocycles. The maximum atomic E-state index is 13.3. The molecular weight excluding hydrogens is 380 g/mol. The zero-order valence-electron chi connectivity index (χ0n) is 15.0. The lowest BCUT2D eigenvalue weighted by atomic mass is 9.97. The van der Waals surface area contributed by atoms with E-state index in [4.69, 9.17) is 11.6 Å². The van der Waals surface area contributed by atoms with Crippen molar-refractivity contribution in [2.75, 3.05) is 6.54 Å². The van der Waals surface area contributed by atoms with Crippen molar-refractivity contribution in [1.29, 1.82) is 0 Å². The van der Waals surface area contributed by atoms with Crippen LogP contribution in [0.1, 0.15) is 27.9 Å². The Morgan fingerprint density at radius 1 is 0.857 bits per heavy atom. The van der Waals surface area contributed by atoms with Crippen molar-refractivity contribution >= 4 is 23.1 Å². The summed E-state index contributed by atoms with van der Waals surface area (Å²) in [5.41, 5.74) is 2.88. The minimum Gasteiger partial charge on any atom is -0.352 e. The molecule has 0 heterocycles. The predicted molar refractivity (Wildman–Crippen MR) is 108 cm³/mol. The van der Waals surface area contributed by atoms with Gasteiger partial charge in [-0.2, -0.15) is 0 Å². The number of hydrogen-bond acceptors (Lipinski definition) is 1. The van der Waals surface area contributed by atoms with Gasteiger partial charge in [0, 0.05) is 6.54 Å². The average molecular weight is 398 g/mol. The van der Waals surface area contributed by atoms with E-state index in [-0.39, 0.29) is 17.5 Å². The Kier molecular flexibility index (Phi) is 6.56. The molecule has 0 saturated carbocycles. The number of benzene rings is 3. The van der Waals surface area contributed by atoms with Crippen LogP contribution in [0.2, 0.25) is 5.02 Å². The van der Waals surface area contributed by atoms with Crippen molar-refractivity contribution in [2.24, 2.45) is 0 Å². The zero-order chi connectivity index (χ0) is 19.9. The van der Waals surface area contributed by atoms with Crippen LogP contribution in [-0.2, 0) is 0 Å². The number of amides is 1. The highest BCUT2D eigenvalue weighted by atomic mass is 35.5. The number of rotatable bonds is 6. The smallest absolute Gasteiger partial charge is 0.252 e. The Morgan fingerprint density at radius 2 is 1.39 bits per heavy atom. The summed E-state index contributed by atoms with van der Waals surface area (Å²) in [5.74, 6) is -0.896. The molecular formula is C23H18ClF2NO. The van der Waals surface area contributed by atoms with E-state index >= 15 is 0 Å². The molecule has 0 radical (unpaired) electrons. The number of halogens is 3. The number of carbonyl (C=O) groups is 1. The summed E-state index contributed by atoms with van der Waals surface area (Å²) in [6.45, 7) is 0.399. The third kappa shape index (κ3) is 5.05. The van der Waals surface area contributed by atoms with E-state index in [0.29, 0.717) is 23.6 Å². The zero-order valence-corrected chi connectivity index (χ0v) is 15.7.